The zero-order valence-electron chi connectivity index (χ0n) is 13.4. The van der Waals surface area contributed by atoms with Crippen molar-refractivity contribution in [1.82, 2.24) is 0 Å². The second-order valence-corrected chi connectivity index (χ2v) is 6.01. The van der Waals surface area contributed by atoms with Crippen LogP contribution in [-0.4, -0.2) is 17.7 Å². The Labute approximate surface area is 141 Å². The molecule has 2 aromatic carbocycles. The third-order valence-electron chi connectivity index (χ3n) is 3.71. The van der Waals surface area contributed by atoms with E-state index in [4.69, 9.17) is 16.3 Å². The van der Waals surface area contributed by atoms with E-state index in [1.807, 2.05) is 50.2 Å². The second kappa shape index (κ2) is 8.02. The summed E-state index contributed by atoms with van der Waals surface area (Å²) in [6.45, 7) is 4.60. The van der Waals surface area contributed by atoms with Gasteiger partial charge in [-0.3, -0.25) is 4.79 Å². The number of aryl methyl sites for hydroxylation is 1. The summed E-state index contributed by atoms with van der Waals surface area (Å²) in [4.78, 5) is 11.7. The van der Waals surface area contributed by atoms with E-state index in [2.05, 4.69) is 0 Å². The van der Waals surface area contributed by atoms with Crippen LogP contribution in [0.15, 0.2) is 42.5 Å². The molecule has 23 heavy (non-hydrogen) atoms. The van der Waals surface area contributed by atoms with E-state index in [9.17, 15) is 9.90 Å². The molecule has 1 N–H and O–H groups in total. The summed E-state index contributed by atoms with van der Waals surface area (Å²) >= 11 is 6.14. The summed E-state index contributed by atoms with van der Waals surface area (Å²) in [6, 6.07) is 13.0. The summed E-state index contributed by atoms with van der Waals surface area (Å²) in [5.74, 6) is -0.713. The molecular formula is C19H21ClO3. The van der Waals surface area contributed by atoms with Crippen LogP contribution in [0.5, 0.6) is 5.75 Å². The molecule has 0 aliphatic carbocycles. The van der Waals surface area contributed by atoms with Gasteiger partial charge in [0.2, 0.25) is 0 Å². The van der Waals surface area contributed by atoms with Crippen molar-refractivity contribution < 1.29 is 14.6 Å². The zero-order chi connectivity index (χ0) is 16.8. The molecule has 0 fully saturated rings. The molecule has 0 radical (unpaired) electrons. The molecule has 1 atom stereocenters. The Kier molecular flexibility index (Phi) is 6.05. The van der Waals surface area contributed by atoms with Crippen LogP contribution in [0.25, 0.3) is 0 Å². The number of aliphatic carboxylic acids is 1. The molecule has 0 aliphatic rings. The Morgan fingerprint density at radius 2 is 2.04 bits per heavy atom. The first-order valence-corrected chi connectivity index (χ1v) is 8.09. The van der Waals surface area contributed by atoms with Crippen molar-refractivity contribution in [2.45, 2.75) is 32.6 Å². The van der Waals surface area contributed by atoms with Gasteiger partial charge in [0, 0.05) is 5.02 Å². The molecular weight excluding hydrogens is 312 g/mol. The highest BCUT2D eigenvalue weighted by molar-refractivity contribution is 6.31. The Bertz CT molecular complexity index is 682. The van der Waals surface area contributed by atoms with E-state index in [1.165, 1.54) is 0 Å². The van der Waals surface area contributed by atoms with Gasteiger partial charge in [-0.1, -0.05) is 42.8 Å². The van der Waals surface area contributed by atoms with E-state index in [0.717, 1.165) is 23.3 Å². The highest BCUT2D eigenvalue weighted by Gasteiger charge is 2.21. The molecule has 3 nitrogen and oxygen atoms in total. The molecule has 0 heterocycles. The summed E-state index contributed by atoms with van der Waals surface area (Å²) in [5, 5.41) is 10.2. The summed E-state index contributed by atoms with van der Waals surface area (Å²) < 4.78 is 5.61. The maximum Gasteiger partial charge on any atom is 0.311 e. The highest BCUT2D eigenvalue weighted by atomic mass is 35.5. The number of benzene rings is 2. The SMILES string of the molecule is CCCOc1cccc(CC(C(=O)O)c2ccc(C)c(Cl)c2)c1. The lowest BCUT2D eigenvalue weighted by Gasteiger charge is -2.15. The molecule has 0 aromatic heterocycles. The first kappa shape index (κ1) is 17.4. The lowest BCUT2D eigenvalue weighted by molar-refractivity contribution is -0.138. The fourth-order valence-electron chi connectivity index (χ4n) is 2.39. The lowest BCUT2D eigenvalue weighted by atomic mass is 9.91. The predicted molar refractivity (Wildman–Crippen MR) is 92.5 cm³/mol. The van der Waals surface area contributed by atoms with Gasteiger partial charge < -0.3 is 9.84 Å². The first-order valence-electron chi connectivity index (χ1n) is 7.72. The van der Waals surface area contributed by atoms with Gasteiger partial charge in [0.15, 0.2) is 0 Å². The molecule has 0 aliphatic heterocycles. The van der Waals surface area contributed by atoms with E-state index in [1.54, 1.807) is 6.07 Å². The van der Waals surface area contributed by atoms with Gasteiger partial charge in [-0.05, 0) is 54.7 Å². The van der Waals surface area contributed by atoms with E-state index >= 15 is 0 Å². The van der Waals surface area contributed by atoms with Crippen molar-refractivity contribution in [3.63, 3.8) is 0 Å². The maximum atomic E-state index is 11.7. The van der Waals surface area contributed by atoms with Gasteiger partial charge in [0.25, 0.3) is 0 Å². The fraction of sp³-hybridized carbons (Fsp3) is 0.316. The number of carboxylic acid groups (broad SMARTS) is 1. The van der Waals surface area contributed by atoms with Crippen molar-refractivity contribution in [2.24, 2.45) is 0 Å². The van der Waals surface area contributed by atoms with E-state index < -0.39 is 11.9 Å². The van der Waals surface area contributed by atoms with E-state index in [0.29, 0.717) is 23.6 Å². The van der Waals surface area contributed by atoms with Crippen molar-refractivity contribution >= 4 is 17.6 Å². The van der Waals surface area contributed by atoms with Gasteiger partial charge in [-0.2, -0.15) is 0 Å². The fourth-order valence-corrected chi connectivity index (χ4v) is 2.58. The van der Waals surface area contributed by atoms with Crippen LogP contribution in [0.2, 0.25) is 5.02 Å². The van der Waals surface area contributed by atoms with Crippen molar-refractivity contribution in [1.29, 1.82) is 0 Å². The average molecular weight is 333 g/mol. The maximum absolute atomic E-state index is 11.7. The van der Waals surface area contributed by atoms with Crippen LogP contribution < -0.4 is 4.74 Å². The third-order valence-corrected chi connectivity index (χ3v) is 4.11. The Balaban J connectivity index is 2.22. The zero-order valence-corrected chi connectivity index (χ0v) is 14.1. The number of hydrogen-bond acceptors (Lipinski definition) is 2. The van der Waals surface area contributed by atoms with Crippen LogP contribution in [0, 0.1) is 6.92 Å². The smallest absolute Gasteiger partial charge is 0.311 e. The summed E-state index contributed by atoms with van der Waals surface area (Å²) in [5.41, 5.74) is 2.59. The highest BCUT2D eigenvalue weighted by Crippen LogP contribution is 2.27. The molecule has 1 unspecified atom stereocenters. The van der Waals surface area contributed by atoms with Crippen molar-refractivity contribution in [3.8, 4) is 5.75 Å². The Morgan fingerprint density at radius 3 is 2.70 bits per heavy atom. The van der Waals surface area contributed by atoms with Crippen molar-refractivity contribution in [2.75, 3.05) is 6.61 Å². The minimum atomic E-state index is -0.857. The number of halogens is 1. The van der Waals surface area contributed by atoms with Crippen LogP contribution in [0.3, 0.4) is 0 Å². The third kappa shape index (κ3) is 4.73. The van der Waals surface area contributed by atoms with Crippen LogP contribution in [-0.2, 0) is 11.2 Å². The van der Waals surface area contributed by atoms with Gasteiger partial charge in [-0.25, -0.2) is 0 Å². The van der Waals surface area contributed by atoms with Crippen LogP contribution >= 0.6 is 11.6 Å². The van der Waals surface area contributed by atoms with Gasteiger partial charge >= 0.3 is 5.97 Å². The standard InChI is InChI=1S/C19H21ClO3/c1-3-9-23-16-6-4-5-14(10-16)11-17(19(21)22)15-8-7-13(2)18(20)12-15/h4-8,10,12,17H,3,9,11H2,1-2H3,(H,21,22). The summed E-state index contributed by atoms with van der Waals surface area (Å²) in [6.07, 6.45) is 1.34. The number of rotatable bonds is 7. The van der Waals surface area contributed by atoms with Crippen molar-refractivity contribution in [3.05, 3.63) is 64.2 Å². The second-order valence-electron chi connectivity index (χ2n) is 5.60. The molecule has 2 aromatic rings. The predicted octanol–water partition coefficient (Wildman–Crippen LogP) is 4.85. The molecule has 0 saturated carbocycles. The van der Waals surface area contributed by atoms with Gasteiger partial charge in [0.1, 0.15) is 5.75 Å². The lowest BCUT2D eigenvalue weighted by Crippen LogP contribution is -2.14. The largest absolute Gasteiger partial charge is 0.494 e. The number of carbonyl (C=O) groups is 1. The molecule has 0 amide bonds. The number of ether oxygens (including phenoxy) is 1. The number of hydrogen-bond donors (Lipinski definition) is 1. The minimum Gasteiger partial charge on any atom is -0.494 e. The molecule has 0 saturated heterocycles. The van der Waals surface area contributed by atoms with Crippen LogP contribution in [0.1, 0.15) is 36.0 Å². The topological polar surface area (TPSA) is 46.5 Å². The average Bonchev–Trinajstić information content (AvgIpc) is 2.53. The number of carboxylic acids is 1. The van der Waals surface area contributed by atoms with Gasteiger partial charge in [-0.15, -0.1) is 0 Å². The van der Waals surface area contributed by atoms with Gasteiger partial charge in [0.05, 0.1) is 12.5 Å². The minimum absolute atomic E-state index is 0.401. The monoisotopic (exact) mass is 332 g/mol. The summed E-state index contributed by atoms with van der Waals surface area (Å²) in [7, 11) is 0. The molecule has 2 rings (SSSR count). The molecule has 0 bridgehead atoms. The van der Waals surface area contributed by atoms with Crippen LogP contribution in [0.4, 0.5) is 0 Å². The molecule has 0 spiro atoms. The normalized spacial score (nSPS) is 12.0. The molecule has 4 heteroatoms. The van der Waals surface area contributed by atoms with E-state index in [-0.39, 0.29) is 0 Å². The Hall–Kier alpha value is -2.00. The Morgan fingerprint density at radius 1 is 1.26 bits per heavy atom. The quantitative estimate of drug-likeness (QED) is 0.788. The first-order chi connectivity index (χ1) is 11.0. The molecule has 122 valence electrons.